The zero-order valence-electron chi connectivity index (χ0n) is 13.2. The highest BCUT2D eigenvalue weighted by Crippen LogP contribution is 2.19. The van der Waals surface area contributed by atoms with Gasteiger partial charge in [-0.25, -0.2) is 9.37 Å². The largest absolute Gasteiger partial charge is 0.323 e. The van der Waals surface area contributed by atoms with Crippen LogP contribution < -0.4 is 0 Å². The molecule has 25 heavy (non-hydrogen) atoms. The number of terminal acetylenes is 1. The molecule has 0 unspecified atom stereocenters. The molecule has 0 aliphatic heterocycles. The van der Waals surface area contributed by atoms with Crippen LogP contribution in [0.15, 0.2) is 54.6 Å². The molecule has 1 amide bonds. The van der Waals surface area contributed by atoms with Gasteiger partial charge in [0.1, 0.15) is 11.0 Å². The van der Waals surface area contributed by atoms with Crippen molar-refractivity contribution < 1.29 is 9.18 Å². The number of pyridine rings is 1. The number of rotatable bonds is 4. The first-order valence-corrected chi connectivity index (χ1v) is 7.98. The van der Waals surface area contributed by atoms with Crippen LogP contribution in [0.2, 0.25) is 5.15 Å². The summed E-state index contributed by atoms with van der Waals surface area (Å²) in [4.78, 5) is 18.6. The van der Waals surface area contributed by atoms with Crippen LogP contribution in [0.4, 0.5) is 4.39 Å². The molecule has 0 saturated heterocycles. The van der Waals surface area contributed by atoms with Crippen LogP contribution in [0.5, 0.6) is 0 Å². The van der Waals surface area contributed by atoms with Crippen LogP contribution in [0.25, 0.3) is 10.9 Å². The number of hydrogen-bond acceptors (Lipinski definition) is 2. The number of halogens is 2. The Morgan fingerprint density at radius 2 is 1.92 bits per heavy atom. The Hall–Kier alpha value is -2.90. The van der Waals surface area contributed by atoms with E-state index in [1.54, 1.807) is 36.4 Å². The van der Waals surface area contributed by atoms with Gasteiger partial charge in [0.15, 0.2) is 0 Å². The molecule has 0 bridgehead atoms. The molecule has 2 aromatic carbocycles. The lowest BCUT2D eigenvalue weighted by molar-refractivity contribution is 0.0766. The van der Waals surface area contributed by atoms with Gasteiger partial charge < -0.3 is 4.90 Å². The number of hydrogen-bond donors (Lipinski definition) is 0. The summed E-state index contributed by atoms with van der Waals surface area (Å²) >= 11 is 5.88. The van der Waals surface area contributed by atoms with Crippen LogP contribution in [0, 0.1) is 18.2 Å². The van der Waals surface area contributed by atoms with Crippen LogP contribution >= 0.6 is 11.6 Å². The van der Waals surface area contributed by atoms with E-state index in [0.29, 0.717) is 22.8 Å². The standard InChI is InChI=1S/C20H14ClFN2O/c1-2-11-24(13-14-3-7-17(22)8-4-14)20(25)16-5-9-18-15(12-16)6-10-19(21)23-18/h1,3-10,12H,11,13H2. The first-order chi connectivity index (χ1) is 12.1. The summed E-state index contributed by atoms with van der Waals surface area (Å²) in [5.41, 5.74) is 2.03. The van der Waals surface area contributed by atoms with E-state index < -0.39 is 0 Å². The molecular weight excluding hydrogens is 339 g/mol. The molecular formula is C20H14ClFN2O. The molecule has 0 radical (unpaired) electrons. The minimum atomic E-state index is -0.320. The number of benzene rings is 2. The Morgan fingerprint density at radius 3 is 2.64 bits per heavy atom. The lowest BCUT2D eigenvalue weighted by Crippen LogP contribution is -2.30. The van der Waals surface area contributed by atoms with Crippen LogP contribution in [-0.2, 0) is 6.54 Å². The number of fused-ring (bicyclic) bond motifs is 1. The van der Waals surface area contributed by atoms with Gasteiger partial charge in [-0.1, -0.05) is 29.7 Å². The monoisotopic (exact) mass is 352 g/mol. The summed E-state index contributed by atoms with van der Waals surface area (Å²) in [6.07, 6.45) is 5.40. The zero-order chi connectivity index (χ0) is 17.8. The zero-order valence-corrected chi connectivity index (χ0v) is 14.0. The van der Waals surface area contributed by atoms with Gasteiger partial charge >= 0.3 is 0 Å². The summed E-state index contributed by atoms with van der Waals surface area (Å²) in [7, 11) is 0. The van der Waals surface area contributed by atoms with E-state index in [0.717, 1.165) is 10.9 Å². The Labute approximate surface area is 150 Å². The van der Waals surface area contributed by atoms with Crippen molar-refractivity contribution in [1.82, 2.24) is 9.88 Å². The van der Waals surface area contributed by atoms with Crippen LogP contribution in [-0.4, -0.2) is 22.3 Å². The number of carbonyl (C=O) groups excluding carboxylic acids is 1. The maximum Gasteiger partial charge on any atom is 0.254 e. The minimum absolute atomic E-state index is 0.160. The molecule has 124 valence electrons. The quantitative estimate of drug-likeness (QED) is 0.518. The topological polar surface area (TPSA) is 33.2 Å². The van der Waals surface area contributed by atoms with Crippen molar-refractivity contribution in [3.05, 3.63) is 76.7 Å². The molecule has 3 aromatic rings. The van der Waals surface area contributed by atoms with Gasteiger partial charge in [-0.15, -0.1) is 6.42 Å². The third kappa shape index (κ3) is 3.96. The molecule has 0 aliphatic rings. The molecule has 5 heteroatoms. The molecule has 0 aliphatic carbocycles. The third-order valence-corrected chi connectivity index (χ3v) is 3.97. The molecule has 0 spiro atoms. The second-order valence-corrected chi connectivity index (χ2v) is 5.92. The normalized spacial score (nSPS) is 10.4. The minimum Gasteiger partial charge on any atom is -0.323 e. The van der Waals surface area contributed by atoms with Crippen LogP contribution in [0.3, 0.4) is 0 Å². The highest BCUT2D eigenvalue weighted by atomic mass is 35.5. The van der Waals surface area contributed by atoms with Crippen molar-refractivity contribution in [3.63, 3.8) is 0 Å². The highest BCUT2D eigenvalue weighted by molar-refractivity contribution is 6.29. The van der Waals surface area contributed by atoms with E-state index in [1.807, 2.05) is 6.07 Å². The van der Waals surface area contributed by atoms with Crippen molar-refractivity contribution in [1.29, 1.82) is 0 Å². The van der Waals surface area contributed by atoms with E-state index >= 15 is 0 Å². The summed E-state index contributed by atoms with van der Waals surface area (Å²) in [6, 6.07) is 14.7. The van der Waals surface area contributed by atoms with Crippen molar-refractivity contribution in [3.8, 4) is 12.3 Å². The number of aromatic nitrogens is 1. The number of nitrogens with zero attached hydrogens (tertiary/aromatic N) is 2. The fourth-order valence-electron chi connectivity index (χ4n) is 2.54. The Kier molecular flexibility index (Phi) is 4.97. The lowest BCUT2D eigenvalue weighted by Gasteiger charge is -2.20. The first-order valence-electron chi connectivity index (χ1n) is 7.60. The fraction of sp³-hybridized carbons (Fsp3) is 0.100. The van der Waals surface area contributed by atoms with E-state index in [1.165, 1.54) is 17.0 Å². The van der Waals surface area contributed by atoms with Gasteiger partial charge in [0, 0.05) is 17.5 Å². The molecule has 1 heterocycles. The Morgan fingerprint density at radius 1 is 1.16 bits per heavy atom. The van der Waals surface area contributed by atoms with Crippen LogP contribution in [0.1, 0.15) is 15.9 Å². The summed E-state index contributed by atoms with van der Waals surface area (Å²) in [5.74, 6) is 1.98. The predicted molar refractivity (Wildman–Crippen MR) is 96.7 cm³/mol. The second kappa shape index (κ2) is 7.33. The van der Waals surface area contributed by atoms with E-state index in [-0.39, 0.29) is 18.3 Å². The van der Waals surface area contributed by atoms with Gasteiger partial charge in [-0.2, -0.15) is 0 Å². The molecule has 3 nitrogen and oxygen atoms in total. The van der Waals surface area contributed by atoms with Gasteiger partial charge in [0.05, 0.1) is 12.1 Å². The van der Waals surface area contributed by atoms with Crippen molar-refractivity contribution in [2.24, 2.45) is 0 Å². The fourth-order valence-corrected chi connectivity index (χ4v) is 2.69. The Bertz CT molecular complexity index is 964. The molecule has 0 N–H and O–H groups in total. The average molecular weight is 353 g/mol. The summed E-state index contributed by atoms with van der Waals surface area (Å²) in [5, 5.41) is 1.22. The van der Waals surface area contributed by atoms with Crippen molar-refractivity contribution in [2.45, 2.75) is 6.54 Å². The van der Waals surface area contributed by atoms with Gasteiger partial charge in [0.2, 0.25) is 0 Å². The van der Waals surface area contributed by atoms with E-state index in [4.69, 9.17) is 18.0 Å². The molecule has 0 fully saturated rings. The predicted octanol–water partition coefficient (Wildman–Crippen LogP) is 4.30. The average Bonchev–Trinajstić information content (AvgIpc) is 2.62. The van der Waals surface area contributed by atoms with Crippen molar-refractivity contribution in [2.75, 3.05) is 6.54 Å². The molecule has 3 rings (SSSR count). The second-order valence-electron chi connectivity index (χ2n) is 5.53. The van der Waals surface area contributed by atoms with Gasteiger partial charge in [-0.05, 0) is 48.0 Å². The first kappa shape index (κ1) is 16.9. The van der Waals surface area contributed by atoms with E-state index in [9.17, 15) is 9.18 Å². The smallest absolute Gasteiger partial charge is 0.254 e. The third-order valence-electron chi connectivity index (χ3n) is 3.76. The van der Waals surface area contributed by atoms with Gasteiger partial charge in [-0.3, -0.25) is 4.79 Å². The maximum absolute atomic E-state index is 13.0. The summed E-state index contributed by atoms with van der Waals surface area (Å²) < 4.78 is 13.0. The maximum atomic E-state index is 13.0. The Balaban J connectivity index is 1.88. The van der Waals surface area contributed by atoms with E-state index in [2.05, 4.69) is 10.9 Å². The molecule has 1 aromatic heterocycles. The molecule has 0 atom stereocenters. The SMILES string of the molecule is C#CCN(Cc1ccc(F)cc1)C(=O)c1ccc2nc(Cl)ccc2c1. The number of amides is 1. The highest BCUT2D eigenvalue weighted by Gasteiger charge is 2.16. The van der Waals surface area contributed by atoms with Crippen molar-refractivity contribution >= 4 is 28.4 Å². The number of carbonyl (C=O) groups is 1. The molecule has 0 saturated carbocycles. The van der Waals surface area contributed by atoms with Gasteiger partial charge in [0.25, 0.3) is 5.91 Å². The lowest BCUT2D eigenvalue weighted by atomic mass is 10.1. The summed E-state index contributed by atoms with van der Waals surface area (Å²) in [6.45, 7) is 0.466.